The number of rotatable bonds is 10. The van der Waals surface area contributed by atoms with Gasteiger partial charge in [0, 0.05) is 24.1 Å². The molecule has 0 aromatic heterocycles. The molecule has 3 atom stereocenters. The van der Waals surface area contributed by atoms with E-state index in [1.54, 1.807) is 0 Å². The molecule has 1 aliphatic heterocycles. The maximum Gasteiger partial charge on any atom is 0.303 e. The third-order valence-electron chi connectivity index (χ3n) is 5.04. The van der Waals surface area contributed by atoms with Crippen LogP contribution in [-0.2, 0) is 25.6 Å². The minimum atomic E-state index is -1.56. The zero-order valence-corrected chi connectivity index (χ0v) is 20.1. The molecule has 9 nitrogen and oxygen atoms in total. The number of amides is 3. The summed E-state index contributed by atoms with van der Waals surface area (Å²) in [5, 5.41) is 25.3. The third kappa shape index (κ3) is 8.70. The molecule has 1 fully saturated rings. The van der Waals surface area contributed by atoms with Crippen molar-refractivity contribution in [1.29, 1.82) is 0 Å². The van der Waals surface area contributed by atoms with E-state index in [9.17, 15) is 24.3 Å². The van der Waals surface area contributed by atoms with Crippen LogP contribution in [0.2, 0.25) is 0 Å². The van der Waals surface area contributed by atoms with E-state index >= 15 is 0 Å². The third-order valence-corrected chi connectivity index (χ3v) is 6.05. The number of aliphatic carboxylic acids is 1. The highest BCUT2D eigenvalue weighted by molar-refractivity contribution is 7.99. The smallest absolute Gasteiger partial charge is 0.303 e. The monoisotopic (exact) mass is 479 g/mol. The minimum absolute atomic E-state index is 0.0331. The van der Waals surface area contributed by atoms with Crippen molar-refractivity contribution >= 4 is 35.5 Å². The van der Waals surface area contributed by atoms with Crippen LogP contribution in [-0.4, -0.2) is 74.2 Å². The molecule has 1 aromatic carbocycles. The molecule has 0 spiro atoms. The summed E-state index contributed by atoms with van der Waals surface area (Å²) in [5.41, 5.74) is 0.357. The van der Waals surface area contributed by atoms with Crippen molar-refractivity contribution < 1.29 is 29.4 Å². The van der Waals surface area contributed by atoms with Crippen LogP contribution in [0.25, 0.3) is 0 Å². The Morgan fingerprint density at radius 1 is 1.15 bits per heavy atom. The molecule has 1 aliphatic rings. The number of carbonyl (C=O) groups excluding carboxylic acids is 3. The van der Waals surface area contributed by atoms with Gasteiger partial charge in [-0.15, -0.1) is 11.8 Å². The van der Waals surface area contributed by atoms with Gasteiger partial charge in [0.15, 0.2) is 6.10 Å². The zero-order chi connectivity index (χ0) is 24.6. The van der Waals surface area contributed by atoms with Gasteiger partial charge >= 0.3 is 5.97 Å². The van der Waals surface area contributed by atoms with E-state index in [2.05, 4.69) is 10.6 Å². The highest BCUT2D eigenvalue weighted by Gasteiger charge is 2.40. The Bertz CT molecular complexity index is 842. The summed E-state index contributed by atoms with van der Waals surface area (Å²) in [6, 6.07) is 7.50. The van der Waals surface area contributed by atoms with Crippen molar-refractivity contribution in [2.24, 2.45) is 0 Å². The lowest BCUT2D eigenvalue weighted by Gasteiger charge is -2.31. The highest BCUT2D eigenvalue weighted by atomic mass is 32.2. The molecule has 4 N–H and O–H groups in total. The first kappa shape index (κ1) is 26.7. The maximum atomic E-state index is 13.2. The molecular weight excluding hydrogens is 446 g/mol. The molecule has 0 radical (unpaired) electrons. The lowest BCUT2D eigenvalue weighted by atomic mass is 9.99. The summed E-state index contributed by atoms with van der Waals surface area (Å²) < 4.78 is 0. The van der Waals surface area contributed by atoms with Gasteiger partial charge in [0.1, 0.15) is 6.04 Å². The van der Waals surface area contributed by atoms with Crippen LogP contribution in [0.15, 0.2) is 30.3 Å². The number of thioether (sulfide) groups is 1. The SMILES string of the molecule is CC(C)(C)NC(=O)[C@@H]1CSCN1C(=O)[C@@H](O)[C@H](Cc1ccccc1)NC(=O)CCCC(=O)O. The Balaban J connectivity index is 2.13. The average molecular weight is 480 g/mol. The molecule has 1 aromatic rings. The van der Waals surface area contributed by atoms with Gasteiger partial charge in [-0.3, -0.25) is 19.2 Å². The molecule has 33 heavy (non-hydrogen) atoms. The molecule has 0 bridgehead atoms. The van der Waals surface area contributed by atoms with Crippen LogP contribution in [0.5, 0.6) is 0 Å². The van der Waals surface area contributed by atoms with Crippen LogP contribution in [0.3, 0.4) is 0 Å². The van der Waals surface area contributed by atoms with Crippen molar-refractivity contribution in [1.82, 2.24) is 15.5 Å². The van der Waals surface area contributed by atoms with Gasteiger partial charge in [-0.25, -0.2) is 0 Å². The van der Waals surface area contributed by atoms with E-state index in [4.69, 9.17) is 5.11 Å². The van der Waals surface area contributed by atoms with E-state index in [-0.39, 0.29) is 37.5 Å². The molecule has 182 valence electrons. The predicted molar refractivity (Wildman–Crippen MR) is 125 cm³/mol. The highest BCUT2D eigenvalue weighted by Crippen LogP contribution is 2.23. The molecule has 0 unspecified atom stereocenters. The summed E-state index contributed by atoms with van der Waals surface area (Å²) in [5.74, 6) is -1.66. The van der Waals surface area contributed by atoms with Crippen molar-refractivity contribution in [2.75, 3.05) is 11.6 Å². The first-order valence-corrected chi connectivity index (χ1v) is 12.1. The van der Waals surface area contributed by atoms with Crippen LogP contribution in [0, 0.1) is 0 Å². The fraction of sp³-hybridized carbons (Fsp3) is 0.565. The summed E-state index contributed by atoms with van der Waals surface area (Å²) in [7, 11) is 0. The van der Waals surface area contributed by atoms with Gasteiger partial charge in [0.25, 0.3) is 5.91 Å². The number of aliphatic hydroxyl groups is 1. The number of nitrogens with one attached hydrogen (secondary N) is 2. The Labute approximate surface area is 198 Å². The number of aliphatic hydroxyl groups excluding tert-OH is 1. The molecule has 10 heteroatoms. The molecule has 0 saturated carbocycles. The van der Waals surface area contributed by atoms with Crippen molar-refractivity contribution in [3.63, 3.8) is 0 Å². The molecular formula is C23H33N3O6S. The summed E-state index contributed by atoms with van der Waals surface area (Å²) in [6.07, 6.45) is -1.38. The van der Waals surface area contributed by atoms with Crippen LogP contribution in [0.4, 0.5) is 0 Å². The molecule has 1 heterocycles. The van der Waals surface area contributed by atoms with E-state index in [1.807, 2.05) is 51.1 Å². The van der Waals surface area contributed by atoms with Gasteiger partial charge in [-0.1, -0.05) is 30.3 Å². The largest absolute Gasteiger partial charge is 0.481 e. The quantitative estimate of drug-likeness (QED) is 0.395. The number of carboxylic acids is 1. The maximum absolute atomic E-state index is 13.2. The lowest BCUT2D eigenvalue weighted by molar-refractivity contribution is -0.147. The topological polar surface area (TPSA) is 136 Å². The van der Waals surface area contributed by atoms with Gasteiger partial charge in [0.05, 0.1) is 11.9 Å². The van der Waals surface area contributed by atoms with E-state index in [0.29, 0.717) is 5.75 Å². The molecule has 0 aliphatic carbocycles. The normalized spacial score (nSPS) is 17.8. The number of hydrogen-bond acceptors (Lipinski definition) is 6. The van der Waals surface area contributed by atoms with E-state index in [0.717, 1.165) is 5.56 Å². The Kier molecular flexibility index (Phi) is 9.72. The fourth-order valence-electron chi connectivity index (χ4n) is 3.46. The lowest BCUT2D eigenvalue weighted by Crippen LogP contribution is -2.57. The van der Waals surface area contributed by atoms with Crippen molar-refractivity contribution in [3.8, 4) is 0 Å². The first-order chi connectivity index (χ1) is 15.5. The number of nitrogens with zero attached hydrogens (tertiary/aromatic N) is 1. The Morgan fingerprint density at radius 3 is 2.42 bits per heavy atom. The summed E-state index contributed by atoms with van der Waals surface area (Å²) in [6.45, 7) is 5.55. The van der Waals surface area contributed by atoms with Gasteiger partial charge < -0.3 is 25.7 Å². The van der Waals surface area contributed by atoms with Gasteiger partial charge in [-0.2, -0.15) is 0 Å². The number of benzene rings is 1. The molecule has 1 saturated heterocycles. The molecule has 3 amide bonds. The Hall–Kier alpha value is -2.59. The van der Waals surface area contributed by atoms with Crippen LogP contribution in [0.1, 0.15) is 45.6 Å². The van der Waals surface area contributed by atoms with Crippen LogP contribution >= 0.6 is 11.8 Å². The predicted octanol–water partition coefficient (Wildman–Crippen LogP) is 1.15. The summed E-state index contributed by atoms with van der Waals surface area (Å²) in [4.78, 5) is 50.3. The number of carbonyl (C=O) groups is 4. The van der Waals surface area contributed by atoms with Crippen molar-refractivity contribution in [2.45, 2.75) is 70.2 Å². The first-order valence-electron chi connectivity index (χ1n) is 10.9. The fourth-order valence-corrected chi connectivity index (χ4v) is 4.62. The minimum Gasteiger partial charge on any atom is -0.481 e. The van der Waals surface area contributed by atoms with E-state index in [1.165, 1.54) is 16.7 Å². The summed E-state index contributed by atoms with van der Waals surface area (Å²) >= 11 is 1.42. The van der Waals surface area contributed by atoms with E-state index < -0.39 is 41.5 Å². The van der Waals surface area contributed by atoms with Gasteiger partial charge in [0.2, 0.25) is 11.8 Å². The second-order valence-electron chi connectivity index (χ2n) is 9.12. The zero-order valence-electron chi connectivity index (χ0n) is 19.2. The second kappa shape index (κ2) is 12.0. The second-order valence-corrected chi connectivity index (χ2v) is 10.1. The van der Waals surface area contributed by atoms with Crippen molar-refractivity contribution in [3.05, 3.63) is 35.9 Å². The van der Waals surface area contributed by atoms with Gasteiger partial charge in [-0.05, 0) is 39.2 Å². The Morgan fingerprint density at radius 2 is 1.82 bits per heavy atom. The standard InChI is InChI=1S/C23H33N3O6S/c1-23(2,3)25-21(31)17-13-33-14-26(17)22(32)20(30)16(12-15-8-5-4-6-9-15)24-18(27)10-7-11-19(28)29/h4-6,8-9,16-17,20,30H,7,10-14H2,1-3H3,(H,24,27)(H,25,31)(H,28,29)/t16-,17-,20-/m0/s1. The van der Waals surface area contributed by atoms with Crippen LogP contribution < -0.4 is 10.6 Å². The number of hydrogen-bond donors (Lipinski definition) is 4. The number of carboxylic acid groups (broad SMARTS) is 1. The average Bonchev–Trinajstić information content (AvgIpc) is 3.21. The molecule has 2 rings (SSSR count).